The Kier molecular flexibility index (Phi) is 7.93. The molecule has 0 saturated carbocycles. The van der Waals surface area contributed by atoms with Gasteiger partial charge < -0.3 is 24.2 Å². The van der Waals surface area contributed by atoms with E-state index < -0.39 is 18.1 Å². The van der Waals surface area contributed by atoms with E-state index >= 15 is 0 Å². The van der Waals surface area contributed by atoms with Crippen molar-refractivity contribution in [1.29, 1.82) is 0 Å². The van der Waals surface area contributed by atoms with E-state index in [1.807, 2.05) is 55.5 Å². The zero-order valence-corrected chi connectivity index (χ0v) is 21.9. The molecule has 0 fully saturated rings. The Balaban J connectivity index is 1.55. The van der Waals surface area contributed by atoms with Crippen LogP contribution in [0.5, 0.6) is 17.2 Å². The summed E-state index contributed by atoms with van der Waals surface area (Å²) in [6, 6.07) is 18.5. The van der Waals surface area contributed by atoms with Gasteiger partial charge in [-0.25, -0.2) is 0 Å². The Bertz CT molecular complexity index is 1290. The number of carboxylic acids is 1. The number of aliphatic carboxylic acids is 1. The third kappa shape index (κ3) is 6.35. The first kappa shape index (κ1) is 26.4. The van der Waals surface area contributed by atoms with Crippen LogP contribution in [0.15, 0.2) is 60.7 Å². The van der Waals surface area contributed by atoms with Crippen LogP contribution < -0.4 is 14.2 Å². The fourth-order valence-corrected chi connectivity index (χ4v) is 4.82. The predicted molar refractivity (Wildman–Crippen MR) is 141 cm³/mol. The quantitative estimate of drug-likeness (QED) is 0.399. The lowest BCUT2D eigenvalue weighted by Gasteiger charge is -2.24. The van der Waals surface area contributed by atoms with Crippen LogP contribution in [0.4, 0.5) is 0 Å². The molecule has 0 spiro atoms. The minimum absolute atomic E-state index is 0.239. The molecule has 4 rings (SSSR count). The third-order valence-corrected chi connectivity index (χ3v) is 6.67. The number of carbonyl (C=O) groups excluding carboxylic acids is 1. The van der Waals surface area contributed by atoms with Crippen LogP contribution in [0.3, 0.4) is 0 Å². The van der Waals surface area contributed by atoms with Crippen molar-refractivity contribution in [3.8, 4) is 17.2 Å². The van der Waals surface area contributed by atoms with Gasteiger partial charge in [-0.15, -0.1) is 0 Å². The van der Waals surface area contributed by atoms with Crippen molar-refractivity contribution in [2.45, 2.75) is 31.8 Å². The number of nitrogens with zero attached hydrogens (tertiary/aromatic N) is 1. The molecule has 0 aliphatic carbocycles. The van der Waals surface area contributed by atoms with Gasteiger partial charge in [-0.1, -0.05) is 35.9 Å². The summed E-state index contributed by atoms with van der Waals surface area (Å²) in [6.07, 6.45) is 1.71. The van der Waals surface area contributed by atoms with E-state index in [4.69, 9.17) is 25.8 Å². The van der Waals surface area contributed by atoms with E-state index in [1.54, 1.807) is 19.2 Å². The third-order valence-electron chi connectivity index (χ3n) is 6.42. The number of rotatable bonds is 10. The van der Waals surface area contributed by atoms with Crippen LogP contribution in [0, 0.1) is 0 Å². The van der Waals surface area contributed by atoms with Gasteiger partial charge in [-0.3, -0.25) is 9.59 Å². The van der Waals surface area contributed by atoms with Crippen molar-refractivity contribution in [1.82, 2.24) is 4.90 Å². The molecule has 1 amide bonds. The van der Waals surface area contributed by atoms with Crippen molar-refractivity contribution in [3.05, 3.63) is 87.9 Å². The molecule has 3 aromatic rings. The van der Waals surface area contributed by atoms with Gasteiger partial charge in [0.2, 0.25) is 0 Å². The number of ether oxygens (including phenoxy) is 3. The van der Waals surface area contributed by atoms with Crippen LogP contribution in [0.2, 0.25) is 5.02 Å². The second-order valence-electron chi connectivity index (χ2n) is 9.42. The molecule has 1 heterocycles. The summed E-state index contributed by atoms with van der Waals surface area (Å²) in [5.41, 5.74) is 2.71. The summed E-state index contributed by atoms with van der Waals surface area (Å²) in [7, 11) is 3.12. The molecule has 0 aromatic heterocycles. The molecule has 37 heavy (non-hydrogen) atoms. The zero-order chi connectivity index (χ0) is 26.6. The van der Waals surface area contributed by atoms with Crippen molar-refractivity contribution in [2.75, 3.05) is 27.3 Å². The molecular formula is C29H30ClNO6. The molecule has 194 valence electrons. The number of carbonyl (C=O) groups is 2. The first-order chi connectivity index (χ1) is 17.7. The summed E-state index contributed by atoms with van der Waals surface area (Å²) < 4.78 is 17.2. The highest BCUT2D eigenvalue weighted by atomic mass is 35.5. The molecule has 1 aliphatic rings. The Hall–Kier alpha value is -3.71. The van der Waals surface area contributed by atoms with E-state index in [0.717, 1.165) is 16.7 Å². The van der Waals surface area contributed by atoms with E-state index in [1.165, 1.54) is 12.0 Å². The van der Waals surface area contributed by atoms with Gasteiger partial charge in [0, 0.05) is 35.5 Å². The molecule has 0 saturated heterocycles. The molecule has 3 aromatic carbocycles. The summed E-state index contributed by atoms with van der Waals surface area (Å²) >= 11 is 6.02. The minimum atomic E-state index is -1.08. The largest absolute Gasteiger partial charge is 0.497 e. The molecule has 1 atom stereocenters. The topological polar surface area (TPSA) is 85.3 Å². The number of benzene rings is 3. The molecule has 7 nitrogen and oxygen atoms in total. The molecule has 1 N–H and O–H groups in total. The average molecular weight is 524 g/mol. The van der Waals surface area contributed by atoms with Crippen LogP contribution in [-0.2, 0) is 24.1 Å². The van der Waals surface area contributed by atoms with Gasteiger partial charge in [0.25, 0.3) is 5.91 Å². The highest BCUT2D eigenvalue weighted by molar-refractivity contribution is 6.30. The summed E-state index contributed by atoms with van der Waals surface area (Å²) in [5.74, 6) is 0.308. The smallest absolute Gasteiger partial charge is 0.323 e. The van der Waals surface area contributed by atoms with Gasteiger partial charge in [-0.05, 0) is 60.9 Å². The number of methoxy groups -OCH3 is 2. The van der Waals surface area contributed by atoms with E-state index in [-0.39, 0.29) is 12.5 Å². The Labute approximate surface area is 221 Å². The summed E-state index contributed by atoms with van der Waals surface area (Å²) in [6.45, 7) is 1.85. The van der Waals surface area contributed by atoms with Crippen LogP contribution >= 0.6 is 11.6 Å². The first-order valence-electron chi connectivity index (χ1n) is 12.0. The van der Waals surface area contributed by atoms with Gasteiger partial charge >= 0.3 is 5.97 Å². The maximum atomic E-state index is 13.5. The number of carboxylic acid groups (broad SMARTS) is 1. The second kappa shape index (κ2) is 11.1. The molecular weight excluding hydrogens is 494 g/mol. The molecule has 8 heteroatoms. The van der Waals surface area contributed by atoms with Gasteiger partial charge in [0.05, 0.1) is 14.2 Å². The van der Waals surface area contributed by atoms with Crippen LogP contribution in [0.1, 0.15) is 34.0 Å². The fraction of sp³-hybridized carbons (Fsp3) is 0.310. The SMILES string of the molecule is COc1cccc(CCN(CC(=O)O)C(=O)c2cc3c(c(OC)c2)OC(C)(Cc2ccc(Cl)cc2)C3)c1. The lowest BCUT2D eigenvalue weighted by Crippen LogP contribution is -2.37. The first-order valence-corrected chi connectivity index (χ1v) is 12.4. The van der Waals surface area contributed by atoms with Crippen molar-refractivity contribution < 1.29 is 28.9 Å². The average Bonchev–Trinajstić information content (AvgIpc) is 3.22. The number of hydrogen-bond donors (Lipinski definition) is 1. The Morgan fingerprint density at radius 3 is 2.49 bits per heavy atom. The summed E-state index contributed by atoms with van der Waals surface area (Å²) in [4.78, 5) is 26.4. The van der Waals surface area contributed by atoms with E-state index in [9.17, 15) is 14.7 Å². The number of amides is 1. The van der Waals surface area contributed by atoms with Crippen molar-refractivity contribution in [2.24, 2.45) is 0 Å². The Morgan fingerprint density at radius 1 is 1.05 bits per heavy atom. The predicted octanol–water partition coefficient (Wildman–Crippen LogP) is 5.06. The maximum Gasteiger partial charge on any atom is 0.323 e. The van der Waals surface area contributed by atoms with Gasteiger partial charge in [-0.2, -0.15) is 0 Å². The molecule has 0 radical (unpaired) electrons. The summed E-state index contributed by atoms with van der Waals surface area (Å²) in [5, 5.41) is 10.1. The standard InChI is InChI=1S/C29H30ClNO6/c1-29(16-20-7-9-23(30)10-8-20)17-22-14-21(15-25(36-3)27(22)37-29)28(34)31(18-26(32)33)12-11-19-5-4-6-24(13-19)35-2/h4-10,13-15H,11-12,16-18H2,1-3H3,(H,32,33). The normalized spacial score (nSPS) is 16.0. The van der Waals surface area contributed by atoms with Crippen LogP contribution in [-0.4, -0.2) is 54.8 Å². The fourth-order valence-electron chi connectivity index (χ4n) is 4.69. The number of fused-ring (bicyclic) bond motifs is 1. The minimum Gasteiger partial charge on any atom is -0.497 e. The van der Waals surface area contributed by atoms with E-state index in [2.05, 4.69) is 0 Å². The van der Waals surface area contributed by atoms with Crippen molar-refractivity contribution in [3.63, 3.8) is 0 Å². The highest BCUT2D eigenvalue weighted by Crippen LogP contribution is 2.44. The highest BCUT2D eigenvalue weighted by Gasteiger charge is 2.38. The lowest BCUT2D eigenvalue weighted by atomic mass is 9.91. The second-order valence-corrected chi connectivity index (χ2v) is 9.86. The molecule has 0 bridgehead atoms. The lowest BCUT2D eigenvalue weighted by molar-refractivity contribution is -0.137. The monoisotopic (exact) mass is 523 g/mol. The van der Waals surface area contributed by atoms with Gasteiger partial charge in [0.15, 0.2) is 11.5 Å². The number of halogens is 1. The van der Waals surface area contributed by atoms with Crippen LogP contribution in [0.25, 0.3) is 0 Å². The zero-order valence-electron chi connectivity index (χ0n) is 21.1. The molecule has 1 aliphatic heterocycles. The van der Waals surface area contributed by atoms with E-state index in [0.29, 0.717) is 47.1 Å². The Morgan fingerprint density at radius 2 is 1.81 bits per heavy atom. The molecule has 1 unspecified atom stereocenters. The van der Waals surface area contributed by atoms with Gasteiger partial charge in [0.1, 0.15) is 17.9 Å². The van der Waals surface area contributed by atoms with Crippen molar-refractivity contribution >= 4 is 23.5 Å². The maximum absolute atomic E-state index is 13.5. The number of hydrogen-bond acceptors (Lipinski definition) is 5.